The second kappa shape index (κ2) is 23.6. The number of carbonyl (C=O) groups excluding carboxylic acids is 1. The number of phenols is 1. The molecule has 0 spiro atoms. The molecule has 0 aromatic heterocycles. The Bertz CT molecular complexity index is 1790. The van der Waals surface area contributed by atoms with Crippen LogP contribution in [0.2, 0.25) is 0 Å². The van der Waals surface area contributed by atoms with Gasteiger partial charge in [-0.15, -0.1) is 23.2 Å². The Kier molecular flexibility index (Phi) is 20.2. The van der Waals surface area contributed by atoms with E-state index < -0.39 is 91.0 Å². The zero-order valence-corrected chi connectivity index (χ0v) is 39.5. The third-order valence-electron chi connectivity index (χ3n) is 10.7. The molecule has 11 atom stereocenters. The Morgan fingerprint density at radius 2 is 1.61 bits per heavy atom. The number of hydrogen-bond acceptors (Lipinski definition) is 15. The fraction of sp³-hybridized carbons (Fsp3) is 0.639. The number of benzene rings is 2. The molecule has 348 valence electrons. The van der Waals surface area contributed by atoms with Crippen LogP contribution in [0.3, 0.4) is 0 Å². The van der Waals surface area contributed by atoms with Gasteiger partial charge in [0, 0.05) is 43.2 Å². The van der Waals surface area contributed by atoms with Crippen LogP contribution in [-0.4, -0.2) is 135 Å². The normalized spacial score (nSPS) is 32.2. The molecule has 4 fully saturated rings. The quantitative estimate of drug-likeness (QED) is 0.120. The molecule has 19 nitrogen and oxygen atoms in total. The fourth-order valence-corrected chi connectivity index (χ4v) is 10.6. The standard InChI is InChI=1S/C29H32O13.C7H15Cl2N2O2P.2ClH.2H2N.Pt/c1-11-36-9-20-27(40-11)24(31)25(32)29(41-20)42-26-14-7-17-16(38-10-39-17)6-13(14)21(22-15(26)8-37-28(22)33)12-4-18(34-2)23(30)19(5-12)35-3;8-2-4-10-14(12)11(6-3-9)5-1-7-13-14;;;;;/h4-7,11,15,20-22,24-27,29-32H,8-10H2,1-3H3;1-7H2,(H,10,12);2*1H;2*1H2;/q;;;;2*-1;+4/p-2/t11-,15+,20-,21-,22+,24-,25-,26?,27-,29+;;;;;;/m1....../s1. The molecule has 6 aliphatic rings. The molecule has 5 heterocycles. The molecule has 2 aromatic rings. The minimum atomic E-state index is -2.84. The summed E-state index contributed by atoms with van der Waals surface area (Å²) in [5, 5.41) is 35.4. The van der Waals surface area contributed by atoms with E-state index in [4.69, 9.17) is 89.2 Å². The van der Waals surface area contributed by atoms with Crippen molar-refractivity contribution in [3.63, 3.8) is 0 Å². The first-order valence-electron chi connectivity index (χ1n) is 18.6. The van der Waals surface area contributed by atoms with E-state index in [0.29, 0.717) is 59.6 Å². The first-order valence-corrected chi connectivity index (χ1v) is 26.9. The molecule has 2 unspecified atom stereocenters. The maximum atomic E-state index is 13.4. The van der Waals surface area contributed by atoms with Crippen LogP contribution in [0, 0.1) is 11.8 Å². The summed E-state index contributed by atoms with van der Waals surface area (Å²) in [6.07, 6.45) is -5.90. The summed E-state index contributed by atoms with van der Waals surface area (Å²) in [6.45, 7) is 4.29. The van der Waals surface area contributed by atoms with Gasteiger partial charge in [0.15, 0.2) is 35.6 Å². The van der Waals surface area contributed by atoms with Crippen LogP contribution in [0.15, 0.2) is 24.3 Å². The van der Waals surface area contributed by atoms with Crippen molar-refractivity contribution in [3.8, 4) is 28.7 Å². The van der Waals surface area contributed by atoms with Crippen LogP contribution < -0.4 is 24.0 Å². The van der Waals surface area contributed by atoms with Crippen LogP contribution in [0.1, 0.15) is 42.1 Å². The van der Waals surface area contributed by atoms with Gasteiger partial charge in [-0.3, -0.25) is 9.36 Å². The van der Waals surface area contributed by atoms with Gasteiger partial charge in [0.25, 0.3) is 0 Å². The summed E-state index contributed by atoms with van der Waals surface area (Å²) >= 11 is 10.7. The number of esters is 1. The Morgan fingerprint density at radius 1 is 0.951 bits per heavy atom. The number of cyclic esters (lactones) is 1. The summed E-state index contributed by atoms with van der Waals surface area (Å²) in [5.41, 5.74) is 2.01. The van der Waals surface area contributed by atoms with E-state index in [-0.39, 0.29) is 49.6 Å². The molecule has 1 aliphatic carbocycles. The number of aliphatic hydroxyl groups excluding tert-OH is 2. The molecular formula is C36H51Cl4N4O15PPt. The number of methoxy groups -OCH3 is 2. The minimum absolute atomic E-state index is 0. The first-order chi connectivity index (χ1) is 28.4. The Balaban J connectivity index is 0.000000366. The Morgan fingerprint density at radius 3 is 2.23 bits per heavy atom. The molecule has 0 radical (unpaired) electrons. The number of aromatic hydroxyl groups is 1. The third kappa shape index (κ3) is 11.3. The largest absolute Gasteiger partial charge is 0.693 e. The van der Waals surface area contributed by atoms with Crippen molar-refractivity contribution in [2.24, 2.45) is 11.8 Å². The SMILES string of the molecule is COc1cc([C@@H]2c3cc4c(cc3C(O[C@@H]3O[C@@H]5CO[C@@H](C)O[C@H]5[C@H](O)[C@H]3O)[C@H]3COC(=O)[C@H]23)OCO4)cc(OC)c1O.O=P1(NCCCl)OCCCN1CCCl.[Cl][Pt+2][Cl].[NH2-].[NH2-]. The number of alkyl halides is 2. The molecule has 0 saturated carbocycles. The van der Waals surface area contributed by atoms with Crippen LogP contribution in [0.5, 0.6) is 28.7 Å². The van der Waals surface area contributed by atoms with Crippen LogP contribution in [0.25, 0.3) is 12.3 Å². The zero-order valence-electron chi connectivity index (χ0n) is 33.3. The van der Waals surface area contributed by atoms with E-state index >= 15 is 0 Å². The molecule has 8 rings (SSSR count). The summed E-state index contributed by atoms with van der Waals surface area (Å²) in [7, 11) is 9.77. The molecule has 8 N–H and O–H groups in total. The number of phenolic OH excluding ortho intramolecular Hbond substituents is 1. The number of hydrogen-bond donors (Lipinski definition) is 4. The van der Waals surface area contributed by atoms with Crippen molar-refractivity contribution < 1.29 is 88.3 Å². The van der Waals surface area contributed by atoms with Crippen molar-refractivity contribution in [1.29, 1.82) is 0 Å². The second-order valence-corrected chi connectivity index (χ2v) is 20.2. The molecule has 2 aromatic carbocycles. The maximum absolute atomic E-state index is 13.4. The molecule has 25 heteroatoms. The third-order valence-corrected chi connectivity index (χ3v) is 13.4. The van der Waals surface area contributed by atoms with Gasteiger partial charge in [0.2, 0.25) is 12.5 Å². The van der Waals surface area contributed by atoms with E-state index in [2.05, 4.69) is 5.09 Å². The zero-order chi connectivity index (χ0) is 42.4. The number of rotatable bonds is 10. The molecule has 5 aliphatic heterocycles. The van der Waals surface area contributed by atoms with Gasteiger partial charge < -0.3 is 74.8 Å². The number of fused-ring (bicyclic) bond motifs is 4. The monoisotopic (exact) mass is 1150 g/mol. The number of aliphatic hydroxyl groups is 2. The van der Waals surface area contributed by atoms with Gasteiger partial charge >= 0.3 is 49.0 Å². The fourth-order valence-electron chi connectivity index (χ4n) is 8.05. The summed E-state index contributed by atoms with van der Waals surface area (Å²) in [5.74, 6) is -0.152. The van der Waals surface area contributed by atoms with Gasteiger partial charge in [-0.05, 0) is 54.3 Å². The number of carbonyl (C=O) groups is 1. The van der Waals surface area contributed by atoms with Crippen molar-refractivity contribution in [3.05, 3.63) is 53.3 Å². The average Bonchev–Trinajstić information content (AvgIpc) is 3.86. The summed E-state index contributed by atoms with van der Waals surface area (Å²) < 4.78 is 70.8. The molecule has 4 saturated heterocycles. The van der Waals surface area contributed by atoms with Gasteiger partial charge in [-0.1, -0.05) is 0 Å². The van der Waals surface area contributed by atoms with Gasteiger partial charge in [-0.25, -0.2) is 9.76 Å². The van der Waals surface area contributed by atoms with E-state index in [9.17, 15) is 24.7 Å². The number of halogens is 4. The number of nitrogens with one attached hydrogen (secondary N) is 1. The van der Waals surface area contributed by atoms with Crippen molar-refractivity contribution in [2.75, 3.05) is 72.2 Å². The first kappa shape index (κ1) is 52.2. The van der Waals surface area contributed by atoms with Gasteiger partial charge in [-0.2, -0.15) is 0 Å². The Hall–Kier alpha value is -1.45. The van der Waals surface area contributed by atoms with Gasteiger partial charge in [0.1, 0.15) is 24.4 Å². The number of ether oxygens (including phenoxy) is 9. The van der Waals surface area contributed by atoms with Crippen LogP contribution in [-0.2, 0) is 54.0 Å². The second-order valence-electron chi connectivity index (χ2n) is 14.0. The van der Waals surface area contributed by atoms with Crippen molar-refractivity contribution in [1.82, 2.24) is 9.76 Å². The Labute approximate surface area is 380 Å². The maximum Gasteiger partial charge on any atom is -0.693 e. The smallest absolute Gasteiger partial charge is 0.693 e. The van der Waals surface area contributed by atoms with E-state index in [0.717, 1.165) is 13.0 Å². The summed E-state index contributed by atoms with van der Waals surface area (Å²) in [6, 6.07) is 6.93. The number of nitrogens with two attached hydrogens (primary N) is 2. The van der Waals surface area contributed by atoms with Crippen molar-refractivity contribution >= 4 is 55.7 Å². The van der Waals surface area contributed by atoms with Crippen molar-refractivity contribution in [2.45, 2.75) is 62.4 Å². The molecular weight excluding hydrogens is 1100 g/mol. The molecule has 0 bridgehead atoms. The van der Waals surface area contributed by atoms with Gasteiger partial charge in [0.05, 0.1) is 46.1 Å². The van der Waals surface area contributed by atoms with E-state index in [1.165, 1.54) is 14.2 Å². The topological polar surface area (TPSA) is 269 Å². The predicted octanol–water partition coefficient (Wildman–Crippen LogP) is 6.03. The average molecular weight is 1150 g/mol. The summed E-state index contributed by atoms with van der Waals surface area (Å²) in [4.78, 5) is 13.4. The predicted molar refractivity (Wildman–Crippen MR) is 220 cm³/mol. The molecule has 61 heavy (non-hydrogen) atoms. The van der Waals surface area contributed by atoms with Crippen LogP contribution >= 0.6 is 49.7 Å². The molecule has 0 amide bonds. The van der Waals surface area contributed by atoms with E-state index in [1.54, 1.807) is 35.9 Å². The number of nitrogens with zero attached hydrogens (tertiary/aromatic N) is 1. The van der Waals surface area contributed by atoms with E-state index in [1.807, 2.05) is 0 Å². The minimum Gasteiger partial charge on any atom is -0.693 e. The van der Waals surface area contributed by atoms with Crippen LogP contribution in [0.4, 0.5) is 0 Å².